The van der Waals surface area contributed by atoms with E-state index in [1.807, 2.05) is 0 Å². The summed E-state index contributed by atoms with van der Waals surface area (Å²) in [6.07, 6.45) is -4.58. The summed E-state index contributed by atoms with van der Waals surface area (Å²) in [5, 5.41) is 0. The second-order valence-corrected chi connectivity index (χ2v) is 5.18. The van der Waals surface area contributed by atoms with Crippen LogP contribution in [0.5, 0.6) is 0 Å². The Labute approximate surface area is 138 Å². The molecule has 1 saturated heterocycles. The van der Waals surface area contributed by atoms with E-state index >= 15 is 0 Å². The Kier molecular flexibility index (Phi) is 7.11. The summed E-state index contributed by atoms with van der Waals surface area (Å²) < 4.78 is 25.5. The number of hydrogen-bond donors (Lipinski definition) is 1. The SMILES string of the molecule is CC(=O)OC[C@@H]1O[C@H](OC(C)=O)[C@@H](N)[C@@H](OC(C)=O)[C@@H]1OC(C)=O. The Morgan fingerprint density at radius 2 is 1.33 bits per heavy atom. The zero-order valence-electron chi connectivity index (χ0n) is 13.8. The molecule has 0 bridgehead atoms. The molecule has 0 aromatic carbocycles. The van der Waals surface area contributed by atoms with Crippen LogP contribution >= 0.6 is 0 Å². The predicted molar refractivity (Wildman–Crippen MR) is 76.1 cm³/mol. The van der Waals surface area contributed by atoms with Crippen molar-refractivity contribution in [3.63, 3.8) is 0 Å². The van der Waals surface area contributed by atoms with Gasteiger partial charge in [-0.3, -0.25) is 19.2 Å². The number of nitrogens with two attached hydrogens (primary N) is 1. The predicted octanol–water partition coefficient (Wildman–Crippen LogP) is -0.972. The fourth-order valence-electron chi connectivity index (χ4n) is 2.20. The smallest absolute Gasteiger partial charge is 0.304 e. The van der Waals surface area contributed by atoms with Crippen LogP contribution in [0, 0.1) is 0 Å². The number of ether oxygens (including phenoxy) is 5. The van der Waals surface area contributed by atoms with Gasteiger partial charge in [-0.15, -0.1) is 0 Å². The van der Waals surface area contributed by atoms with Crippen LogP contribution in [0.3, 0.4) is 0 Å². The summed E-state index contributed by atoms with van der Waals surface area (Å²) >= 11 is 0. The molecule has 0 amide bonds. The average molecular weight is 347 g/mol. The largest absolute Gasteiger partial charge is 0.463 e. The molecule has 24 heavy (non-hydrogen) atoms. The van der Waals surface area contributed by atoms with Gasteiger partial charge in [0.15, 0.2) is 12.2 Å². The number of carbonyl (C=O) groups excluding carboxylic acids is 4. The van der Waals surface area contributed by atoms with Crippen molar-refractivity contribution >= 4 is 23.9 Å². The summed E-state index contributed by atoms with van der Waals surface area (Å²) in [4.78, 5) is 44.9. The van der Waals surface area contributed by atoms with Crippen molar-refractivity contribution in [3.05, 3.63) is 0 Å². The summed E-state index contributed by atoms with van der Waals surface area (Å²) in [5.74, 6) is -2.62. The Morgan fingerprint density at radius 3 is 1.79 bits per heavy atom. The Morgan fingerprint density at radius 1 is 0.833 bits per heavy atom. The van der Waals surface area contributed by atoms with Crippen LogP contribution < -0.4 is 5.73 Å². The molecule has 0 radical (unpaired) electrons. The molecule has 1 aliphatic rings. The van der Waals surface area contributed by atoms with Gasteiger partial charge in [-0.25, -0.2) is 0 Å². The molecule has 0 saturated carbocycles. The Bertz CT molecular complexity index is 490. The van der Waals surface area contributed by atoms with E-state index in [2.05, 4.69) is 0 Å². The molecule has 0 aliphatic carbocycles. The van der Waals surface area contributed by atoms with Crippen LogP contribution in [0.25, 0.3) is 0 Å². The first kappa shape index (κ1) is 19.8. The molecule has 1 heterocycles. The zero-order valence-corrected chi connectivity index (χ0v) is 13.8. The highest BCUT2D eigenvalue weighted by atomic mass is 16.7. The van der Waals surface area contributed by atoms with Gasteiger partial charge in [0, 0.05) is 27.7 Å². The quantitative estimate of drug-likeness (QED) is 0.487. The lowest BCUT2D eigenvalue weighted by molar-refractivity contribution is -0.267. The van der Waals surface area contributed by atoms with E-state index in [1.165, 1.54) is 6.92 Å². The first-order chi connectivity index (χ1) is 11.1. The molecule has 0 spiro atoms. The van der Waals surface area contributed by atoms with Crippen LogP contribution in [0.4, 0.5) is 0 Å². The van der Waals surface area contributed by atoms with Crippen LogP contribution in [-0.4, -0.2) is 61.1 Å². The van der Waals surface area contributed by atoms with Gasteiger partial charge in [-0.2, -0.15) is 0 Å². The molecule has 1 fully saturated rings. The van der Waals surface area contributed by atoms with Crippen molar-refractivity contribution < 1.29 is 42.9 Å². The Balaban J connectivity index is 3.08. The van der Waals surface area contributed by atoms with E-state index in [-0.39, 0.29) is 6.61 Å². The third-order valence-electron chi connectivity index (χ3n) is 3.03. The van der Waals surface area contributed by atoms with Crippen molar-refractivity contribution in [1.29, 1.82) is 0 Å². The Hall–Kier alpha value is -2.20. The zero-order chi connectivity index (χ0) is 18.4. The van der Waals surface area contributed by atoms with E-state index in [0.717, 1.165) is 20.8 Å². The highest BCUT2D eigenvalue weighted by molar-refractivity contribution is 5.68. The van der Waals surface area contributed by atoms with Crippen LogP contribution in [-0.2, 0) is 42.9 Å². The third kappa shape index (κ3) is 5.78. The number of rotatable bonds is 5. The lowest BCUT2D eigenvalue weighted by Crippen LogP contribution is -2.65. The van der Waals surface area contributed by atoms with Crippen molar-refractivity contribution in [2.24, 2.45) is 5.73 Å². The van der Waals surface area contributed by atoms with Gasteiger partial charge in [-0.1, -0.05) is 0 Å². The monoisotopic (exact) mass is 347 g/mol. The molecule has 0 unspecified atom stereocenters. The minimum atomic E-state index is -1.26. The molecular weight excluding hydrogens is 326 g/mol. The summed E-state index contributed by atoms with van der Waals surface area (Å²) in [6, 6.07) is -1.10. The van der Waals surface area contributed by atoms with E-state index in [1.54, 1.807) is 0 Å². The lowest BCUT2D eigenvalue weighted by Gasteiger charge is -2.42. The van der Waals surface area contributed by atoms with E-state index in [0.29, 0.717) is 0 Å². The van der Waals surface area contributed by atoms with E-state index in [4.69, 9.17) is 29.4 Å². The van der Waals surface area contributed by atoms with Gasteiger partial charge in [0.25, 0.3) is 0 Å². The van der Waals surface area contributed by atoms with E-state index in [9.17, 15) is 19.2 Å². The molecule has 0 aromatic rings. The second kappa shape index (κ2) is 8.60. The molecule has 0 aromatic heterocycles. The number of esters is 4. The van der Waals surface area contributed by atoms with Crippen molar-refractivity contribution in [3.8, 4) is 0 Å². The number of hydrogen-bond acceptors (Lipinski definition) is 10. The molecule has 10 heteroatoms. The highest BCUT2D eigenvalue weighted by Gasteiger charge is 2.50. The van der Waals surface area contributed by atoms with Crippen LogP contribution in [0.15, 0.2) is 0 Å². The van der Waals surface area contributed by atoms with Crippen molar-refractivity contribution in [2.75, 3.05) is 6.61 Å². The van der Waals surface area contributed by atoms with Crippen molar-refractivity contribution in [1.82, 2.24) is 0 Å². The maximum absolute atomic E-state index is 11.3. The van der Waals surface area contributed by atoms with Crippen LogP contribution in [0.2, 0.25) is 0 Å². The van der Waals surface area contributed by atoms with Crippen molar-refractivity contribution in [2.45, 2.75) is 58.3 Å². The molecular formula is C14H21NO9. The fourth-order valence-corrected chi connectivity index (χ4v) is 2.20. The molecule has 10 nitrogen and oxygen atoms in total. The molecule has 2 N–H and O–H groups in total. The number of carbonyl (C=O) groups is 4. The first-order valence-corrected chi connectivity index (χ1v) is 7.18. The topological polar surface area (TPSA) is 140 Å². The van der Waals surface area contributed by atoms with Gasteiger partial charge in [0.2, 0.25) is 6.29 Å². The molecule has 1 aliphatic heterocycles. The third-order valence-corrected chi connectivity index (χ3v) is 3.03. The maximum Gasteiger partial charge on any atom is 0.304 e. The fraction of sp³-hybridized carbons (Fsp3) is 0.714. The van der Waals surface area contributed by atoms with Gasteiger partial charge in [0.05, 0.1) is 0 Å². The van der Waals surface area contributed by atoms with Gasteiger partial charge < -0.3 is 29.4 Å². The summed E-state index contributed by atoms with van der Waals surface area (Å²) in [6.45, 7) is 4.32. The summed E-state index contributed by atoms with van der Waals surface area (Å²) in [7, 11) is 0. The normalized spacial score (nSPS) is 29.3. The molecule has 1 rings (SSSR count). The second-order valence-electron chi connectivity index (χ2n) is 5.18. The maximum atomic E-state index is 11.3. The first-order valence-electron chi connectivity index (χ1n) is 7.18. The molecule has 136 valence electrons. The lowest BCUT2D eigenvalue weighted by atomic mass is 9.97. The van der Waals surface area contributed by atoms with Gasteiger partial charge >= 0.3 is 23.9 Å². The standard InChI is InChI=1S/C14H21NO9/c1-6(16)20-5-10-12(21-7(2)17)13(22-8(3)18)11(15)14(24-10)23-9(4)19/h10-14H,5,15H2,1-4H3/t10-,11-,12+,13+,14-/m0/s1. The van der Waals surface area contributed by atoms with Crippen LogP contribution in [0.1, 0.15) is 27.7 Å². The highest BCUT2D eigenvalue weighted by Crippen LogP contribution is 2.26. The van der Waals surface area contributed by atoms with Gasteiger partial charge in [-0.05, 0) is 0 Å². The average Bonchev–Trinajstić information content (AvgIpc) is 2.42. The van der Waals surface area contributed by atoms with E-state index < -0.39 is 54.5 Å². The summed E-state index contributed by atoms with van der Waals surface area (Å²) in [5.41, 5.74) is 5.93. The van der Waals surface area contributed by atoms with Gasteiger partial charge in [0.1, 0.15) is 18.8 Å². The minimum Gasteiger partial charge on any atom is -0.463 e. The minimum absolute atomic E-state index is 0.310. The molecule has 5 atom stereocenters.